The highest BCUT2D eigenvalue weighted by atomic mass is 79.9. The lowest BCUT2D eigenvalue weighted by molar-refractivity contribution is 0.263. The Morgan fingerprint density at radius 2 is 2.12 bits per heavy atom. The summed E-state index contributed by atoms with van der Waals surface area (Å²) in [7, 11) is 4.14. The maximum absolute atomic E-state index is 4.50. The van der Waals surface area contributed by atoms with E-state index in [4.69, 9.17) is 0 Å². The summed E-state index contributed by atoms with van der Waals surface area (Å²) in [6.45, 7) is 5.25. The zero-order valence-electron chi connectivity index (χ0n) is 10.3. The molecule has 0 amide bonds. The van der Waals surface area contributed by atoms with E-state index in [1.54, 1.807) is 0 Å². The van der Waals surface area contributed by atoms with Gasteiger partial charge in [0.2, 0.25) is 0 Å². The maximum atomic E-state index is 4.50. The monoisotopic (exact) mass is 351 g/mol. The molecule has 0 aliphatic heterocycles. The van der Waals surface area contributed by atoms with Gasteiger partial charge in [0.15, 0.2) is 0 Å². The Hall–Kier alpha value is 0.130. The number of rotatable bonds is 5. The van der Waals surface area contributed by atoms with Crippen LogP contribution in [0.4, 0.5) is 0 Å². The van der Waals surface area contributed by atoms with Gasteiger partial charge < -0.3 is 0 Å². The molecule has 0 spiro atoms. The lowest BCUT2D eigenvalue weighted by Crippen LogP contribution is -2.30. The molecule has 0 aliphatic rings. The van der Waals surface area contributed by atoms with Crippen LogP contribution < -0.4 is 0 Å². The van der Waals surface area contributed by atoms with Gasteiger partial charge in [-0.3, -0.25) is 9.58 Å². The van der Waals surface area contributed by atoms with E-state index in [0.717, 1.165) is 28.5 Å². The summed E-state index contributed by atoms with van der Waals surface area (Å²) in [5.74, 6) is 0. The van der Waals surface area contributed by atoms with Crippen molar-refractivity contribution in [3.05, 3.63) is 15.9 Å². The Morgan fingerprint density at radius 1 is 1.50 bits per heavy atom. The molecule has 16 heavy (non-hydrogen) atoms. The van der Waals surface area contributed by atoms with Crippen LogP contribution in [-0.4, -0.2) is 33.1 Å². The van der Waals surface area contributed by atoms with Gasteiger partial charge in [-0.2, -0.15) is 5.10 Å². The molecule has 0 bridgehead atoms. The van der Waals surface area contributed by atoms with E-state index < -0.39 is 0 Å². The van der Waals surface area contributed by atoms with E-state index in [-0.39, 0.29) is 0 Å². The minimum Gasteiger partial charge on any atom is -0.297 e. The fourth-order valence-corrected chi connectivity index (χ4v) is 2.74. The fourth-order valence-electron chi connectivity index (χ4n) is 1.50. The SMILES string of the molecule is CCc1nn(C)c(CN(C)C(C)CBr)c1Br. The van der Waals surface area contributed by atoms with Crippen LogP contribution in [0.1, 0.15) is 25.2 Å². The lowest BCUT2D eigenvalue weighted by atomic mass is 10.2. The van der Waals surface area contributed by atoms with Crippen molar-refractivity contribution < 1.29 is 0 Å². The second kappa shape index (κ2) is 6.17. The molecule has 0 aliphatic carbocycles. The molecule has 1 rings (SSSR count). The summed E-state index contributed by atoms with van der Waals surface area (Å²) >= 11 is 7.15. The molecule has 5 heteroatoms. The van der Waals surface area contributed by atoms with Crippen molar-refractivity contribution in [3.63, 3.8) is 0 Å². The van der Waals surface area contributed by atoms with Crippen molar-refractivity contribution >= 4 is 31.9 Å². The van der Waals surface area contributed by atoms with E-state index >= 15 is 0 Å². The number of nitrogens with zero attached hydrogens (tertiary/aromatic N) is 3. The first kappa shape index (κ1) is 14.2. The topological polar surface area (TPSA) is 21.1 Å². The molecule has 1 heterocycles. The third-order valence-electron chi connectivity index (χ3n) is 2.88. The van der Waals surface area contributed by atoms with E-state index in [9.17, 15) is 0 Å². The molecule has 0 N–H and O–H groups in total. The highest BCUT2D eigenvalue weighted by molar-refractivity contribution is 9.10. The van der Waals surface area contributed by atoms with Gasteiger partial charge in [0, 0.05) is 25.0 Å². The Kier molecular flexibility index (Phi) is 5.47. The van der Waals surface area contributed by atoms with Crippen LogP contribution in [0, 0.1) is 0 Å². The van der Waals surface area contributed by atoms with Gasteiger partial charge in [0.05, 0.1) is 15.9 Å². The van der Waals surface area contributed by atoms with Gasteiger partial charge >= 0.3 is 0 Å². The van der Waals surface area contributed by atoms with Crippen LogP contribution in [0.5, 0.6) is 0 Å². The number of halogens is 2. The molecule has 0 saturated heterocycles. The van der Waals surface area contributed by atoms with Crippen molar-refractivity contribution in [1.29, 1.82) is 0 Å². The molecule has 0 aromatic carbocycles. The number of aromatic nitrogens is 2. The largest absolute Gasteiger partial charge is 0.297 e. The van der Waals surface area contributed by atoms with Gasteiger partial charge in [0.1, 0.15) is 0 Å². The summed E-state index contributed by atoms with van der Waals surface area (Å²) in [4.78, 5) is 2.32. The maximum Gasteiger partial charge on any atom is 0.0767 e. The summed E-state index contributed by atoms with van der Waals surface area (Å²) in [5, 5.41) is 5.48. The van der Waals surface area contributed by atoms with E-state index in [1.807, 2.05) is 11.7 Å². The average molecular weight is 353 g/mol. The minimum absolute atomic E-state index is 0.520. The van der Waals surface area contributed by atoms with Gasteiger partial charge in [0.25, 0.3) is 0 Å². The minimum atomic E-state index is 0.520. The van der Waals surface area contributed by atoms with Crippen molar-refractivity contribution in [2.45, 2.75) is 32.9 Å². The molecule has 1 unspecified atom stereocenters. The highest BCUT2D eigenvalue weighted by Gasteiger charge is 2.16. The lowest BCUT2D eigenvalue weighted by Gasteiger charge is -2.22. The standard InChI is InChI=1S/C11H19Br2N3/c1-5-9-11(13)10(16(4)14-9)7-15(3)8(2)6-12/h8H,5-7H2,1-4H3. The van der Waals surface area contributed by atoms with Crippen LogP contribution in [0.25, 0.3) is 0 Å². The fraction of sp³-hybridized carbons (Fsp3) is 0.727. The second-order valence-electron chi connectivity index (χ2n) is 4.10. The van der Waals surface area contributed by atoms with Gasteiger partial charge in [-0.15, -0.1) is 0 Å². The van der Waals surface area contributed by atoms with Gasteiger partial charge in [-0.05, 0) is 36.3 Å². The predicted octanol–water partition coefficient (Wildman–Crippen LogP) is 2.96. The first-order chi connectivity index (χ1) is 7.51. The van der Waals surface area contributed by atoms with Crippen molar-refractivity contribution in [2.24, 2.45) is 7.05 Å². The van der Waals surface area contributed by atoms with Gasteiger partial charge in [-0.25, -0.2) is 0 Å². The van der Waals surface area contributed by atoms with E-state index in [0.29, 0.717) is 6.04 Å². The number of alkyl halides is 1. The Bertz CT molecular complexity index is 349. The third kappa shape index (κ3) is 3.08. The Balaban J connectivity index is 2.84. The molecule has 0 radical (unpaired) electrons. The first-order valence-corrected chi connectivity index (χ1v) is 7.39. The molecular weight excluding hydrogens is 334 g/mol. The summed E-state index contributed by atoms with van der Waals surface area (Å²) in [6.07, 6.45) is 0.964. The molecule has 92 valence electrons. The average Bonchev–Trinajstić information content (AvgIpc) is 2.55. The summed E-state index contributed by atoms with van der Waals surface area (Å²) < 4.78 is 3.13. The molecule has 0 saturated carbocycles. The van der Waals surface area contributed by atoms with Crippen LogP contribution in [0.3, 0.4) is 0 Å². The number of hydrogen-bond donors (Lipinski definition) is 0. The van der Waals surface area contributed by atoms with Crippen molar-refractivity contribution in [1.82, 2.24) is 14.7 Å². The Morgan fingerprint density at radius 3 is 2.56 bits per heavy atom. The molecule has 1 aromatic heterocycles. The highest BCUT2D eigenvalue weighted by Crippen LogP contribution is 2.23. The van der Waals surface area contributed by atoms with E-state index in [1.165, 1.54) is 5.69 Å². The molecule has 0 fully saturated rings. The first-order valence-electron chi connectivity index (χ1n) is 5.47. The van der Waals surface area contributed by atoms with Crippen LogP contribution >= 0.6 is 31.9 Å². The van der Waals surface area contributed by atoms with Crippen molar-refractivity contribution in [2.75, 3.05) is 12.4 Å². The predicted molar refractivity (Wildman–Crippen MR) is 75.0 cm³/mol. The summed E-state index contributed by atoms with van der Waals surface area (Å²) in [6, 6.07) is 0.520. The molecule has 1 aromatic rings. The van der Waals surface area contributed by atoms with Crippen LogP contribution in [0.2, 0.25) is 0 Å². The molecular formula is C11H19Br2N3. The van der Waals surface area contributed by atoms with Crippen LogP contribution in [0.15, 0.2) is 4.47 Å². The molecule has 1 atom stereocenters. The zero-order chi connectivity index (χ0) is 12.3. The van der Waals surface area contributed by atoms with Crippen LogP contribution in [-0.2, 0) is 20.0 Å². The smallest absolute Gasteiger partial charge is 0.0767 e. The zero-order valence-corrected chi connectivity index (χ0v) is 13.5. The number of hydrogen-bond acceptors (Lipinski definition) is 2. The van der Waals surface area contributed by atoms with Crippen molar-refractivity contribution in [3.8, 4) is 0 Å². The number of aryl methyl sites for hydroxylation is 2. The quantitative estimate of drug-likeness (QED) is 0.759. The Labute approximate surface area is 114 Å². The summed E-state index contributed by atoms with van der Waals surface area (Å²) in [5.41, 5.74) is 2.38. The normalized spacial score (nSPS) is 13.4. The third-order valence-corrected chi connectivity index (χ3v) is 4.73. The van der Waals surface area contributed by atoms with E-state index in [2.05, 4.69) is 62.8 Å². The second-order valence-corrected chi connectivity index (χ2v) is 5.54. The van der Waals surface area contributed by atoms with Gasteiger partial charge in [-0.1, -0.05) is 22.9 Å². The molecule has 3 nitrogen and oxygen atoms in total.